The van der Waals surface area contributed by atoms with Gasteiger partial charge in [0.15, 0.2) is 0 Å². The Hall–Kier alpha value is -0.970. The van der Waals surface area contributed by atoms with Crippen molar-refractivity contribution < 1.29 is 0 Å². The van der Waals surface area contributed by atoms with Crippen LogP contribution in [0.25, 0.3) is 0 Å². The summed E-state index contributed by atoms with van der Waals surface area (Å²) < 4.78 is 1.96. The molecule has 1 atom stereocenters. The second kappa shape index (κ2) is 4.04. The van der Waals surface area contributed by atoms with Gasteiger partial charge in [-0.1, -0.05) is 0 Å². The van der Waals surface area contributed by atoms with Crippen molar-refractivity contribution in [3.8, 4) is 0 Å². The van der Waals surface area contributed by atoms with Crippen LogP contribution in [-0.2, 0) is 0 Å². The molecule has 4 nitrogen and oxygen atoms in total. The van der Waals surface area contributed by atoms with Crippen LogP contribution >= 0.6 is 11.8 Å². The molecular formula is C9H13N3OS. The van der Waals surface area contributed by atoms with E-state index < -0.39 is 0 Å². The average molecular weight is 211 g/mol. The van der Waals surface area contributed by atoms with Crippen molar-refractivity contribution in [2.75, 3.05) is 17.2 Å². The van der Waals surface area contributed by atoms with Crippen LogP contribution in [0.1, 0.15) is 18.9 Å². The Balaban J connectivity index is 2.22. The molecule has 0 amide bonds. The van der Waals surface area contributed by atoms with E-state index >= 15 is 0 Å². The van der Waals surface area contributed by atoms with E-state index in [9.17, 15) is 4.79 Å². The molecule has 0 spiro atoms. The van der Waals surface area contributed by atoms with E-state index in [1.807, 2.05) is 16.3 Å². The summed E-state index contributed by atoms with van der Waals surface area (Å²) in [5.74, 6) is 2.32. The van der Waals surface area contributed by atoms with E-state index in [1.165, 1.54) is 12.2 Å². The van der Waals surface area contributed by atoms with Gasteiger partial charge in [-0.3, -0.25) is 4.79 Å². The summed E-state index contributed by atoms with van der Waals surface area (Å²) in [6, 6.07) is 0.448. The topological polar surface area (TPSA) is 60.9 Å². The van der Waals surface area contributed by atoms with Gasteiger partial charge in [-0.25, -0.2) is 0 Å². The molecule has 2 rings (SSSR count). The quantitative estimate of drug-likeness (QED) is 0.749. The summed E-state index contributed by atoms with van der Waals surface area (Å²) >= 11 is 1.94. The number of hydrogen-bond acceptors (Lipinski definition) is 4. The van der Waals surface area contributed by atoms with E-state index in [4.69, 9.17) is 5.73 Å². The zero-order chi connectivity index (χ0) is 9.97. The first-order valence-electron chi connectivity index (χ1n) is 4.68. The molecule has 2 heterocycles. The molecule has 1 aromatic rings. The van der Waals surface area contributed by atoms with Gasteiger partial charge in [-0.05, 0) is 18.6 Å². The van der Waals surface area contributed by atoms with E-state index in [1.54, 1.807) is 12.5 Å². The summed E-state index contributed by atoms with van der Waals surface area (Å²) in [5.41, 5.74) is 5.43. The number of nitrogen functional groups attached to an aromatic ring is 1. The van der Waals surface area contributed by atoms with Gasteiger partial charge in [0.2, 0.25) is 0 Å². The molecule has 1 saturated heterocycles. The van der Waals surface area contributed by atoms with Gasteiger partial charge < -0.3 is 10.3 Å². The first-order chi connectivity index (χ1) is 6.77. The Morgan fingerprint density at radius 3 is 3.14 bits per heavy atom. The third-order valence-corrected chi connectivity index (χ3v) is 3.60. The Labute approximate surface area is 86.5 Å². The van der Waals surface area contributed by atoms with Crippen molar-refractivity contribution in [3.63, 3.8) is 0 Å². The number of nitrogens with zero attached hydrogens (tertiary/aromatic N) is 2. The van der Waals surface area contributed by atoms with Gasteiger partial charge in [0.05, 0.1) is 6.33 Å². The molecule has 1 aliphatic rings. The number of hydrogen-bond donors (Lipinski definition) is 1. The van der Waals surface area contributed by atoms with Gasteiger partial charge in [-0.2, -0.15) is 16.7 Å². The highest BCUT2D eigenvalue weighted by molar-refractivity contribution is 7.99. The smallest absolute Gasteiger partial charge is 0.295 e. The fraction of sp³-hybridized carbons (Fsp3) is 0.556. The lowest BCUT2D eigenvalue weighted by Gasteiger charge is -2.23. The molecule has 0 radical (unpaired) electrons. The van der Waals surface area contributed by atoms with Gasteiger partial charge in [0.1, 0.15) is 5.69 Å². The maximum atomic E-state index is 11.0. The van der Waals surface area contributed by atoms with Gasteiger partial charge in [0, 0.05) is 18.0 Å². The standard InChI is InChI=1S/C9H13N3OS/c10-8-4-12(6-11-9(8)13)7-2-1-3-14-5-7/h4,6-7H,1-3,5,10H2. The molecule has 0 aromatic carbocycles. The molecule has 2 N–H and O–H groups in total. The SMILES string of the molecule is Nc1cn(C2CCCSC2)cnc1=O. The van der Waals surface area contributed by atoms with Crippen LogP contribution in [0, 0.1) is 0 Å². The normalized spacial score (nSPS) is 22.1. The first kappa shape index (κ1) is 9.58. The van der Waals surface area contributed by atoms with E-state index in [0.29, 0.717) is 6.04 Å². The third kappa shape index (κ3) is 1.92. The Kier molecular flexibility index (Phi) is 2.77. The lowest BCUT2D eigenvalue weighted by Crippen LogP contribution is -2.21. The highest BCUT2D eigenvalue weighted by Gasteiger charge is 2.14. The number of aromatic nitrogens is 2. The number of rotatable bonds is 1. The highest BCUT2D eigenvalue weighted by Crippen LogP contribution is 2.26. The number of anilines is 1. The molecule has 0 saturated carbocycles. The average Bonchev–Trinajstić information content (AvgIpc) is 2.23. The van der Waals surface area contributed by atoms with Crippen LogP contribution < -0.4 is 11.3 Å². The lowest BCUT2D eigenvalue weighted by molar-refractivity contribution is 0.491. The minimum absolute atomic E-state index is 0.239. The Bertz CT molecular complexity index is 371. The van der Waals surface area contributed by atoms with Gasteiger partial charge >= 0.3 is 0 Å². The predicted molar refractivity (Wildman–Crippen MR) is 58.5 cm³/mol. The summed E-state index contributed by atoms with van der Waals surface area (Å²) in [5, 5.41) is 0. The minimum Gasteiger partial charge on any atom is -0.393 e. The van der Waals surface area contributed by atoms with Crippen LogP contribution in [0.4, 0.5) is 5.69 Å². The molecular weight excluding hydrogens is 198 g/mol. The molecule has 14 heavy (non-hydrogen) atoms. The van der Waals surface area contributed by atoms with Crippen LogP contribution in [0.5, 0.6) is 0 Å². The van der Waals surface area contributed by atoms with E-state index in [-0.39, 0.29) is 11.2 Å². The van der Waals surface area contributed by atoms with Crippen molar-refractivity contribution in [3.05, 3.63) is 22.9 Å². The van der Waals surface area contributed by atoms with Crippen molar-refractivity contribution in [1.29, 1.82) is 0 Å². The molecule has 0 bridgehead atoms. The molecule has 1 fully saturated rings. The maximum Gasteiger partial charge on any atom is 0.295 e. The fourth-order valence-electron chi connectivity index (χ4n) is 1.60. The fourth-order valence-corrected chi connectivity index (χ4v) is 2.75. The van der Waals surface area contributed by atoms with Gasteiger partial charge in [0.25, 0.3) is 5.56 Å². The van der Waals surface area contributed by atoms with Crippen molar-refractivity contribution >= 4 is 17.4 Å². The molecule has 1 aliphatic heterocycles. The molecule has 1 unspecified atom stereocenters. The van der Waals surface area contributed by atoms with Gasteiger partial charge in [-0.15, -0.1) is 0 Å². The first-order valence-corrected chi connectivity index (χ1v) is 5.84. The summed E-state index contributed by atoms with van der Waals surface area (Å²) in [6.07, 6.45) is 5.67. The molecule has 1 aromatic heterocycles. The third-order valence-electron chi connectivity index (χ3n) is 2.40. The zero-order valence-corrected chi connectivity index (χ0v) is 8.67. The summed E-state index contributed by atoms with van der Waals surface area (Å²) in [4.78, 5) is 14.7. The lowest BCUT2D eigenvalue weighted by atomic mass is 10.2. The predicted octanol–water partition coefficient (Wildman–Crippen LogP) is 0.894. The minimum atomic E-state index is -0.329. The monoisotopic (exact) mass is 211 g/mol. The Morgan fingerprint density at radius 1 is 1.64 bits per heavy atom. The largest absolute Gasteiger partial charge is 0.393 e. The summed E-state index contributed by atoms with van der Waals surface area (Å²) in [6.45, 7) is 0. The van der Waals surface area contributed by atoms with Crippen LogP contribution in [0.15, 0.2) is 17.3 Å². The second-order valence-electron chi connectivity index (χ2n) is 3.45. The van der Waals surface area contributed by atoms with Crippen molar-refractivity contribution in [2.45, 2.75) is 18.9 Å². The maximum absolute atomic E-state index is 11.0. The highest BCUT2D eigenvalue weighted by atomic mass is 32.2. The Morgan fingerprint density at radius 2 is 2.50 bits per heavy atom. The zero-order valence-electron chi connectivity index (χ0n) is 7.85. The molecule has 76 valence electrons. The number of nitrogens with two attached hydrogens (primary N) is 1. The van der Waals surface area contributed by atoms with E-state index in [2.05, 4.69) is 4.98 Å². The molecule has 0 aliphatic carbocycles. The van der Waals surface area contributed by atoms with Crippen molar-refractivity contribution in [1.82, 2.24) is 9.55 Å². The van der Waals surface area contributed by atoms with Crippen LogP contribution in [0.3, 0.4) is 0 Å². The molecule has 5 heteroatoms. The van der Waals surface area contributed by atoms with E-state index in [0.717, 1.165) is 12.2 Å². The van der Waals surface area contributed by atoms with Crippen LogP contribution in [-0.4, -0.2) is 21.1 Å². The summed E-state index contributed by atoms with van der Waals surface area (Å²) in [7, 11) is 0. The van der Waals surface area contributed by atoms with Crippen molar-refractivity contribution in [2.24, 2.45) is 0 Å². The second-order valence-corrected chi connectivity index (χ2v) is 4.60. The number of thioether (sulfide) groups is 1. The van der Waals surface area contributed by atoms with Crippen LogP contribution in [0.2, 0.25) is 0 Å².